The Morgan fingerprint density at radius 3 is 2.79 bits per heavy atom. The van der Waals surface area contributed by atoms with Crippen LogP contribution in [0.5, 0.6) is 0 Å². The van der Waals surface area contributed by atoms with Gasteiger partial charge in [-0.2, -0.15) is 8.75 Å². The molecule has 4 heteroatoms. The van der Waals surface area contributed by atoms with Crippen molar-refractivity contribution in [3.8, 4) is 0 Å². The van der Waals surface area contributed by atoms with Crippen molar-refractivity contribution in [2.24, 2.45) is 5.92 Å². The van der Waals surface area contributed by atoms with E-state index in [1.807, 2.05) is 6.20 Å². The van der Waals surface area contributed by atoms with Crippen LogP contribution in [0.25, 0.3) is 0 Å². The number of rotatable bonds is 6. The van der Waals surface area contributed by atoms with E-state index in [0.717, 1.165) is 18.7 Å². The van der Waals surface area contributed by atoms with Crippen molar-refractivity contribution in [1.82, 2.24) is 14.1 Å². The molecule has 19 heavy (non-hydrogen) atoms. The molecule has 102 valence electrons. The molecule has 0 aliphatic carbocycles. The van der Waals surface area contributed by atoms with Gasteiger partial charge in [-0.15, -0.1) is 0 Å². The molecule has 0 aliphatic rings. The Kier molecular flexibility index (Phi) is 5.05. The Balaban J connectivity index is 2.26. The minimum absolute atomic E-state index is 0.149. The second kappa shape index (κ2) is 6.78. The highest BCUT2D eigenvalue weighted by atomic mass is 32.1. The molecule has 0 radical (unpaired) electrons. The van der Waals surface area contributed by atoms with Gasteiger partial charge in [0.15, 0.2) is 0 Å². The first kappa shape index (κ1) is 14.2. The van der Waals surface area contributed by atoms with Crippen LogP contribution in [-0.4, -0.2) is 15.3 Å². The first-order valence-corrected chi connectivity index (χ1v) is 7.53. The third-order valence-electron chi connectivity index (χ3n) is 3.01. The molecule has 2 rings (SSSR count). The highest BCUT2D eigenvalue weighted by molar-refractivity contribution is 6.99. The van der Waals surface area contributed by atoms with E-state index >= 15 is 0 Å². The van der Waals surface area contributed by atoms with Crippen LogP contribution in [0, 0.1) is 5.92 Å². The molecule has 0 amide bonds. The van der Waals surface area contributed by atoms with Crippen LogP contribution in [0.15, 0.2) is 30.5 Å². The lowest BCUT2D eigenvalue weighted by Gasteiger charge is -2.17. The monoisotopic (exact) mass is 275 g/mol. The van der Waals surface area contributed by atoms with Crippen molar-refractivity contribution >= 4 is 11.7 Å². The van der Waals surface area contributed by atoms with Gasteiger partial charge in [0, 0.05) is 0 Å². The van der Waals surface area contributed by atoms with Crippen molar-refractivity contribution in [2.45, 2.75) is 33.2 Å². The van der Waals surface area contributed by atoms with Crippen LogP contribution in [0.3, 0.4) is 0 Å². The fraction of sp³-hybridized carbons (Fsp3) is 0.467. The molecule has 2 aromatic rings. The fourth-order valence-electron chi connectivity index (χ4n) is 2.27. The lowest BCUT2D eigenvalue weighted by atomic mass is 9.97. The first-order chi connectivity index (χ1) is 9.20. The van der Waals surface area contributed by atoms with E-state index in [1.165, 1.54) is 22.9 Å². The fourth-order valence-corrected chi connectivity index (χ4v) is 2.72. The Morgan fingerprint density at radius 1 is 1.32 bits per heavy atom. The summed E-state index contributed by atoms with van der Waals surface area (Å²) in [5.74, 6) is 0.675. The molecular formula is C15H21N3S. The summed E-state index contributed by atoms with van der Waals surface area (Å²) in [6, 6.07) is 8.93. The molecule has 1 aromatic heterocycles. The molecule has 1 atom stereocenters. The summed E-state index contributed by atoms with van der Waals surface area (Å²) in [6.07, 6.45) is 2.97. The van der Waals surface area contributed by atoms with Gasteiger partial charge in [0.25, 0.3) is 0 Å². The van der Waals surface area contributed by atoms with Crippen LogP contribution < -0.4 is 5.32 Å². The van der Waals surface area contributed by atoms with Crippen molar-refractivity contribution in [2.75, 3.05) is 6.54 Å². The van der Waals surface area contributed by atoms with E-state index < -0.39 is 0 Å². The Morgan fingerprint density at radius 2 is 2.16 bits per heavy atom. The van der Waals surface area contributed by atoms with Gasteiger partial charge in [-0.25, -0.2) is 0 Å². The largest absolute Gasteiger partial charge is 0.305 e. The van der Waals surface area contributed by atoms with Crippen LogP contribution in [0.2, 0.25) is 0 Å². The summed E-state index contributed by atoms with van der Waals surface area (Å²) < 4.78 is 8.48. The highest BCUT2D eigenvalue weighted by Gasteiger charge is 2.15. The third kappa shape index (κ3) is 3.85. The van der Waals surface area contributed by atoms with E-state index in [9.17, 15) is 0 Å². The molecule has 1 unspecified atom stereocenters. The van der Waals surface area contributed by atoms with Gasteiger partial charge >= 0.3 is 0 Å². The number of benzene rings is 1. The molecular weight excluding hydrogens is 254 g/mol. The molecule has 0 saturated heterocycles. The summed E-state index contributed by atoms with van der Waals surface area (Å²) in [5, 5.41) is 3.49. The molecule has 0 fully saturated rings. The summed E-state index contributed by atoms with van der Waals surface area (Å²) in [4.78, 5) is 0. The number of aromatic nitrogens is 2. The maximum absolute atomic E-state index is 4.37. The number of nitrogens with one attached hydrogen (secondary N) is 1. The van der Waals surface area contributed by atoms with E-state index in [4.69, 9.17) is 0 Å². The van der Waals surface area contributed by atoms with Gasteiger partial charge in [-0.3, -0.25) is 0 Å². The maximum Gasteiger partial charge on any atom is 0.0957 e. The van der Waals surface area contributed by atoms with E-state index in [1.54, 1.807) is 0 Å². The van der Waals surface area contributed by atoms with E-state index in [2.05, 4.69) is 59.1 Å². The van der Waals surface area contributed by atoms with Crippen LogP contribution >= 0.6 is 11.7 Å². The minimum Gasteiger partial charge on any atom is -0.305 e. The lowest BCUT2D eigenvalue weighted by molar-refractivity contribution is 0.615. The Bertz CT molecular complexity index is 494. The van der Waals surface area contributed by atoms with Crippen LogP contribution in [-0.2, 0) is 6.42 Å². The van der Waals surface area contributed by atoms with Crippen molar-refractivity contribution < 1.29 is 0 Å². The van der Waals surface area contributed by atoms with Gasteiger partial charge in [0.05, 0.1) is 29.7 Å². The van der Waals surface area contributed by atoms with E-state index in [-0.39, 0.29) is 6.04 Å². The van der Waals surface area contributed by atoms with Gasteiger partial charge in [-0.05, 0) is 30.0 Å². The van der Waals surface area contributed by atoms with Crippen LogP contribution in [0.1, 0.15) is 43.6 Å². The second-order valence-corrected chi connectivity index (χ2v) is 5.72. The average molecular weight is 275 g/mol. The molecule has 1 heterocycles. The summed E-state index contributed by atoms with van der Waals surface area (Å²) >= 11 is 1.26. The first-order valence-electron chi connectivity index (χ1n) is 6.80. The molecule has 0 spiro atoms. The Labute approximate surface area is 119 Å². The smallest absolute Gasteiger partial charge is 0.0957 e. The predicted molar refractivity (Wildman–Crippen MR) is 80.4 cm³/mol. The third-order valence-corrected chi connectivity index (χ3v) is 3.50. The van der Waals surface area contributed by atoms with E-state index in [0.29, 0.717) is 5.92 Å². The normalized spacial score (nSPS) is 12.8. The lowest BCUT2D eigenvalue weighted by Crippen LogP contribution is -2.22. The van der Waals surface area contributed by atoms with Crippen molar-refractivity contribution in [3.63, 3.8) is 0 Å². The SMILES string of the molecule is CCNC(c1cccc(CC(C)C)c1)c1cnsn1. The molecule has 1 aromatic carbocycles. The zero-order chi connectivity index (χ0) is 13.7. The minimum atomic E-state index is 0.149. The standard InChI is InChI=1S/C15H21N3S/c1-4-16-15(14-10-17-19-18-14)13-7-5-6-12(9-13)8-11(2)3/h5-7,9-11,15-16H,4,8H2,1-3H3. The summed E-state index contributed by atoms with van der Waals surface area (Å²) in [7, 11) is 0. The van der Waals surface area contributed by atoms with Gasteiger partial charge in [0.2, 0.25) is 0 Å². The van der Waals surface area contributed by atoms with Gasteiger partial charge < -0.3 is 5.32 Å². The molecule has 0 aliphatic heterocycles. The summed E-state index contributed by atoms with van der Waals surface area (Å²) in [6.45, 7) is 7.53. The van der Waals surface area contributed by atoms with Crippen molar-refractivity contribution in [3.05, 3.63) is 47.3 Å². The quantitative estimate of drug-likeness (QED) is 0.877. The van der Waals surface area contributed by atoms with Gasteiger partial charge in [0.1, 0.15) is 0 Å². The molecule has 1 N–H and O–H groups in total. The van der Waals surface area contributed by atoms with Gasteiger partial charge in [-0.1, -0.05) is 45.0 Å². The molecule has 3 nitrogen and oxygen atoms in total. The predicted octanol–water partition coefficient (Wildman–Crippen LogP) is 3.44. The molecule has 0 bridgehead atoms. The topological polar surface area (TPSA) is 37.8 Å². The molecule has 0 saturated carbocycles. The zero-order valence-electron chi connectivity index (χ0n) is 11.8. The van der Waals surface area contributed by atoms with Crippen LogP contribution in [0.4, 0.5) is 0 Å². The zero-order valence-corrected chi connectivity index (χ0v) is 12.6. The Hall–Kier alpha value is -1.26. The highest BCUT2D eigenvalue weighted by Crippen LogP contribution is 2.22. The number of nitrogens with zero attached hydrogens (tertiary/aromatic N) is 2. The average Bonchev–Trinajstić information content (AvgIpc) is 2.89. The number of hydrogen-bond acceptors (Lipinski definition) is 4. The second-order valence-electron chi connectivity index (χ2n) is 5.17. The summed E-state index contributed by atoms with van der Waals surface area (Å²) in [5.41, 5.74) is 3.67. The van der Waals surface area contributed by atoms with Crippen molar-refractivity contribution in [1.29, 1.82) is 0 Å². The maximum atomic E-state index is 4.37. The number of hydrogen-bond donors (Lipinski definition) is 1.